The van der Waals surface area contributed by atoms with Crippen LogP contribution < -0.4 is 5.32 Å². The molecule has 3 atom stereocenters. The van der Waals surface area contributed by atoms with Gasteiger partial charge in [-0.2, -0.15) is 0 Å². The summed E-state index contributed by atoms with van der Waals surface area (Å²) in [5.41, 5.74) is 2.59. The zero-order valence-electron chi connectivity index (χ0n) is 14.3. The summed E-state index contributed by atoms with van der Waals surface area (Å²) in [4.78, 5) is 0. The highest BCUT2D eigenvalue weighted by atomic mass is 16.3. The zero-order valence-corrected chi connectivity index (χ0v) is 14.3. The van der Waals surface area contributed by atoms with E-state index in [1.807, 2.05) is 12.1 Å². The SMILES string of the molecule is CCC[C@H](O)[C@@H](CC)N[C@@H](Cc1ccccc1)c1ccccc1. The Kier molecular flexibility index (Phi) is 7.31. The molecule has 2 aromatic carbocycles. The first-order valence-corrected chi connectivity index (χ1v) is 8.77. The molecular formula is C21H29NO. The Labute approximate surface area is 140 Å². The molecule has 0 aliphatic rings. The van der Waals surface area contributed by atoms with Crippen molar-refractivity contribution in [1.29, 1.82) is 0 Å². The monoisotopic (exact) mass is 311 g/mol. The van der Waals surface area contributed by atoms with Crippen LogP contribution in [0.5, 0.6) is 0 Å². The maximum atomic E-state index is 10.4. The standard InChI is InChI=1S/C21H29NO/c1-3-11-21(23)19(4-2)22-20(18-14-9-6-10-15-18)16-17-12-7-5-8-13-17/h5-10,12-15,19-23H,3-4,11,16H2,1-2H3/t19-,20+,21+/m1/s1. The van der Waals surface area contributed by atoms with Crippen LogP contribution in [-0.2, 0) is 6.42 Å². The van der Waals surface area contributed by atoms with Crippen molar-refractivity contribution < 1.29 is 5.11 Å². The molecule has 2 nitrogen and oxygen atoms in total. The minimum atomic E-state index is -0.285. The van der Waals surface area contributed by atoms with Gasteiger partial charge in [0.05, 0.1) is 6.10 Å². The Morgan fingerprint density at radius 2 is 1.52 bits per heavy atom. The smallest absolute Gasteiger partial charge is 0.0693 e. The fraction of sp³-hybridized carbons (Fsp3) is 0.429. The Morgan fingerprint density at radius 1 is 0.913 bits per heavy atom. The highest BCUT2D eigenvalue weighted by Crippen LogP contribution is 2.21. The molecule has 23 heavy (non-hydrogen) atoms. The van der Waals surface area contributed by atoms with Crippen LogP contribution in [0.1, 0.15) is 50.3 Å². The average Bonchev–Trinajstić information content (AvgIpc) is 2.60. The van der Waals surface area contributed by atoms with Gasteiger partial charge in [-0.25, -0.2) is 0 Å². The summed E-state index contributed by atoms with van der Waals surface area (Å²) in [6, 6.07) is 21.4. The molecule has 2 heteroatoms. The van der Waals surface area contributed by atoms with Gasteiger partial charge in [-0.15, -0.1) is 0 Å². The molecular weight excluding hydrogens is 282 g/mol. The lowest BCUT2D eigenvalue weighted by Crippen LogP contribution is -2.42. The summed E-state index contributed by atoms with van der Waals surface area (Å²) in [5.74, 6) is 0. The van der Waals surface area contributed by atoms with Crippen LogP contribution in [-0.4, -0.2) is 17.3 Å². The van der Waals surface area contributed by atoms with E-state index in [4.69, 9.17) is 0 Å². The Hall–Kier alpha value is -1.64. The second kappa shape index (κ2) is 9.49. The number of aliphatic hydroxyl groups is 1. The van der Waals surface area contributed by atoms with Crippen molar-refractivity contribution in [3.05, 3.63) is 71.8 Å². The molecule has 0 aromatic heterocycles. The highest BCUT2D eigenvalue weighted by Gasteiger charge is 2.21. The molecule has 2 rings (SSSR count). The molecule has 0 spiro atoms. The lowest BCUT2D eigenvalue weighted by molar-refractivity contribution is 0.108. The van der Waals surface area contributed by atoms with E-state index >= 15 is 0 Å². The summed E-state index contributed by atoms with van der Waals surface area (Å²) >= 11 is 0. The summed E-state index contributed by atoms with van der Waals surface area (Å²) in [5, 5.41) is 14.1. The third-order valence-electron chi connectivity index (χ3n) is 4.39. The topological polar surface area (TPSA) is 32.3 Å². The van der Waals surface area contributed by atoms with E-state index < -0.39 is 0 Å². The lowest BCUT2D eigenvalue weighted by atomic mass is 9.95. The average molecular weight is 311 g/mol. The van der Waals surface area contributed by atoms with Crippen LogP contribution in [0.3, 0.4) is 0 Å². The quantitative estimate of drug-likeness (QED) is 0.714. The van der Waals surface area contributed by atoms with Crippen LogP contribution in [0, 0.1) is 0 Å². The molecule has 0 fully saturated rings. The summed E-state index contributed by atoms with van der Waals surface area (Å²) in [6.07, 6.45) is 3.43. The fourth-order valence-corrected chi connectivity index (χ4v) is 3.06. The molecule has 0 aliphatic carbocycles. The Bertz CT molecular complexity index is 540. The van der Waals surface area contributed by atoms with E-state index in [-0.39, 0.29) is 18.2 Å². The molecule has 0 saturated heterocycles. The van der Waals surface area contributed by atoms with E-state index in [0.29, 0.717) is 0 Å². The van der Waals surface area contributed by atoms with Gasteiger partial charge in [0.1, 0.15) is 0 Å². The molecule has 2 N–H and O–H groups in total. The largest absolute Gasteiger partial charge is 0.392 e. The van der Waals surface area contributed by atoms with Gasteiger partial charge in [-0.3, -0.25) is 0 Å². The van der Waals surface area contributed by atoms with Crippen molar-refractivity contribution in [2.24, 2.45) is 0 Å². The van der Waals surface area contributed by atoms with Crippen LogP contribution in [0.15, 0.2) is 60.7 Å². The first-order valence-electron chi connectivity index (χ1n) is 8.77. The number of hydrogen-bond acceptors (Lipinski definition) is 2. The van der Waals surface area contributed by atoms with Crippen LogP contribution in [0.2, 0.25) is 0 Å². The minimum Gasteiger partial charge on any atom is -0.392 e. The van der Waals surface area contributed by atoms with Gasteiger partial charge in [-0.1, -0.05) is 80.9 Å². The molecule has 0 unspecified atom stereocenters. The number of nitrogens with one attached hydrogen (secondary N) is 1. The molecule has 0 heterocycles. The van der Waals surface area contributed by atoms with Gasteiger partial charge in [0.25, 0.3) is 0 Å². The van der Waals surface area contributed by atoms with Gasteiger partial charge in [0.2, 0.25) is 0 Å². The van der Waals surface area contributed by atoms with E-state index in [2.05, 4.69) is 67.7 Å². The van der Waals surface area contributed by atoms with Crippen molar-refractivity contribution in [1.82, 2.24) is 5.32 Å². The maximum Gasteiger partial charge on any atom is 0.0693 e. The normalized spacial score (nSPS) is 15.1. The van der Waals surface area contributed by atoms with Crippen molar-refractivity contribution >= 4 is 0 Å². The molecule has 0 amide bonds. The van der Waals surface area contributed by atoms with E-state index in [1.165, 1.54) is 11.1 Å². The zero-order chi connectivity index (χ0) is 16.5. The van der Waals surface area contributed by atoms with Crippen LogP contribution in [0.25, 0.3) is 0 Å². The van der Waals surface area contributed by atoms with Gasteiger partial charge in [0.15, 0.2) is 0 Å². The Balaban J connectivity index is 2.16. The number of benzene rings is 2. The van der Waals surface area contributed by atoms with Gasteiger partial charge in [0, 0.05) is 12.1 Å². The predicted molar refractivity (Wildman–Crippen MR) is 97.5 cm³/mol. The molecule has 0 radical (unpaired) electrons. The maximum absolute atomic E-state index is 10.4. The van der Waals surface area contributed by atoms with Crippen molar-refractivity contribution in [3.63, 3.8) is 0 Å². The lowest BCUT2D eigenvalue weighted by Gasteiger charge is -2.29. The van der Waals surface area contributed by atoms with Gasteiger partial charge >= 0.3 is 0 Å². The van der Waals surface area contributed by atoms with Crippen molar-refractivity contribution in [2.45, 2.75) is 57.7 Å². The molecule has 0 saturated carbocycles. The minimum absolute atomic E-state index is 0.129. The second-order valence-electron chi connectivity index (χ2n) is 6.19. The summed E-state index contributed by atoms with van der Waals surface area (Å²) < 4.78 is 0. The Morgan fingerprint density at radius 3 is 2.09 bits per heavy atom. The van der Waals surface area contributed by atoms with Crippen molar-refractivity contribution in [2.75, 3.05) is 0 Å². The van der Waals surface area contributed by atoms with Gasteiger partial charge < -0.3 is 10.4 Å². The molecule has 0 bridgehead atoms. The van der Waals surface area contributed by atoms with E-state index in [9.17, 15) is 5.11 Å². The predicted octanol–water partition coefficient (Wildman–Crippen LogP) is 4.50. The molecule has 0 aliphatic heterocycles. The third-order valence-corrected chi connectivity index (χ3v) is 4.39. The van der Waals surface area contributed by atoms with Gasteiger partial charge in [-0.05, 0) is 30.4 Å². The number of hydrogen-bond donors (Lipinski definition) is 2. The number of aliphatic hydroxyl groups excluding tert-OH is 1. The third kappa shape index (κ3) is 5.49. The van der Waals surface area contributed by atoms with E-state index in [1.54, 1.807) is 0 Å². The van der Waals surface area contributed by atoms with Crippen LogP contribution >= 0.6 is 0 Å². The number of rotatable bonds is 9. The summed E-state index contributed by atoms with van der Waals surface area (Å²) in [6.45, 7) is 4.26. The van der Waals surface area contributed by atoms with Crippen molar-refractivity contribution in [3.8, 4) is 0 Å². The molecule has 124 valence electrons. The summed E-state index contributed by atoms with van der Waals surface area (Å²) in [7, 11) is 0. The first kappa shape index (κ1) is 17.7. The second-order valence-corrected chi connectivity index (χ2v) is 6.19. The highest BCUT2D eigenvalue weighted by molar-refractivity contribution is 5.24. The van der Waals surface area contributed by atoms with E-state index in [0.717, 1.165) is 25.7 Å². The molecule has 2 aromatic rings. The fourth-order valence-electron chi connectivity index (χ4n) is 3.06. The van der Waals surface area contributed by atoms with Crippen LogP contribution in [0.4, 0.5) is 0 Å². The first-order chi connectivity index (χ1) is 11.2.